The highest BCUT2D eigenvalue weighted by molar-refractivity contribution is 5.09. The lowest BCUT2D eigenvalue weighted by atomic mass is 9.94. The molecule has 2 atom stereocenters. The van der Waals surface area contributed by atoms with E-state index in [-0.39, 0.29) is 5.60 Å². The molecule has 2 bridgehead atoms. The molecule has 0 aliphatic carbocycles. The zero-order valence-electron chi connectivity index (χ0n) is 6.52. The number of ether oxygens (including phenoxy) is 1. The van der Waals surface area contributed by atoms with Crippen LogP contribution in [0.2, 0.25) is 0 Å². The van der Waals surface area contributed by atoms with Crippen LogP contribution in [-0.2, 0) is 4.74 Å². The minimum atomic E-state index is 0.167. The third-order valence-corrected chi connectivity index (χ3v) is 2.59. The summed E-state index contributed by atoms with van der Waals surface area (Å²) in [5.74, 6) is 0. The van der Waals surface area contributed by atoms with Crippen molar-refractivity contribution in [1.29, 1.82) is 0 Å². The molecule has 2 unspecified atom stereocenters. The largest absolute Gasteiger partial charge is 0.371 e. The quantitative estimate of drug-likeness (QED) is 0.466. The van der Waals surface area contributed by atoms with Crippen LogP contribution in [0.1, 0.15) is 32.6 Å². The topological polar surface area (TPSA) is 9.23 Å². The van der Waals surface area contributed by atoms with Crippen molar-refractivity contribution >= 4 is 0 Å². The van der Waals surface area contributed by atoms with Gasteiger partial charge in [0.2, 0.25) is 0 Å². The lowest BCUT2D eigenvalue weighted by Gasteiger charge is -2.31. The molecule has 0 radical (unpaired) electrons. The molecule has 2 aliphatic heterocycles. The molecule has 0 spiro atoms. The highest BCUT2D eigenvalue weighted by Crippen LogP contribution is 2.42. The summed E-state index contributed by atoms with van der Waals surface area (Å²) >= 11 is 0. The van der Waals surface area contributed by atoms with Crippen LogP contribution in [-0.4, -0.2) is 11.7 Å². The van der Waals surface area contributed by atoms with E-state index in [4.69, 9.17) is 4.74 Å². The Labute approximate surface area is 62.1 Å². The average molecular weight is 138 g/mol. The Balaban J connectivity index is 2.20. The maximum absolute atomic E-state index is 5.79. The monoisotopic (exact) mass is 138 g/mol. The Bertz CT molecular complexity index is 174. The number of hydrogen-bond donors (Lipinski definition) is 0. The average Bonchev–Trinajstić information content (AvgIpc) is 2.06. The van der Waals surface area contributed by atoms with Gasteiger partial charge in [-0.3, -0.25) is 0 Å². The molecule has 2 aliphatic rings. The van der Waals surface area contributed by atoms with Gasteiger partial charge in [0.1, 0.15) is 0 Å². The van der Waals surface area contributed by atoms with E-state index in [0.29, 0.717) is 6.10 Å². The van der Waals surface area contributed by atoms with Crippen LogP contribution in [0.3, 0.4) is 0 Å². The fourth-order valence-corrected chi connectivity index (χ4v) is 2.18. The minimum Gasteiger partial charge on any atom is -0.371 e. The molecule has 0 amide bonds. The summed E-state index contributed by atoms with van der Waals surface area (Å²) in [5, 5.41) is 0. The SMILES string of the molecule is C=C1CC2CCC(C)(C1)O2. The van der Waals surface area contributed by atoms with Gasteiger partial charge in [-0.15, -0.1) is 0 Å². The third kappa shape index (κ3) is 0.891. The molecule has 2 fully saturated rings. The second-order valence-electron chi connectivity index (χ2n) is 3.86. The Morgan fingerprint density at radius 1 is 1.70 bits per heavy atom. The van der Waals surface area contributed by atoms with Crippen molar-refractivity contribution < 1.29 is 4.74 Å². The van der Waals surface area contributed by atoms with E-state index < -0.39 is 0 Å². The van der Waals surface area contributed by atoms with Gasteiger partial charge in [-0.05, 0) is 32.6 Å². The molecular weight excluding hydrogens is 124 g/mol. The Morgan fingerprint density at radius 2 is 2.50 bits per heavy atom. The van der Waals surface area contributed by atoms with Crippen molar-refractivity contribution in [3.05, 3.63) is 12.2 Å². The minimum absolute atomic E-state index is 0.167. The smallest absolute Gasteiger partial charge is 0.0696 e. The molecule has 2 saturated heterocycles. The van der Waals surface area contributed by atoms with Crippen molar-refractivity contribution in [2.75, 3.05) is 0 Å². The second-order valence-corrected chi connectivity index (χ2v) is 3.86. The van der Waals surface area contributed by atoms with Crippen molar-refractivity contribution in [2.24, 2.45) is 0 Å². The first-order valence-electron chi connectivity index (χ1n) is 4.02. The van der Waals surface area contributed by atoms with E-state index in [2.05, 4.69) is 13.5 Å². The first-order valence-corrected chi connectivity index (χ1v) is 4.02. The van der Waals surface area contributed by atoms with Crippen LogP contribution in [0.15, 0.2) is 12.2 Å². The van der Waals surface area contributed by atoms with Crippen molar-refractivity contribution in [3.63, 3.8) is 0 Å². The van der Waals surface area contributed by atoms with Crippen LogP contribution in [0, 0.1) is 0 Å². The highest BCUT2D eigenvalue weighted by atomic mass is 16.5. The Morgan fingerprint density at radius 3 is 3.20 bits per heavy atom. The molecule has 2 rings (SSSR count). The molecule has 56 valence electrons. The van der Waals surface area contributed by atoms with E-state index in [1.807, 2.05) is 0 Å². The molecule has 10 heavy (non-hydrogen) atoms. The van der Waals surface area contributed by atoms with Crippen molar-refractivity contribution in [3.8, 4) is 0 Å². The van der Waals surface area contributed by atoms with Crippen molar-refractivity contribution in [1.82, 2.24) is 0 Å². The molecule has 2 heterocycles. The van der Waals surface area contributed by atoms with Crippen molar-refractivity contribution in [2.45, 2.75) is 44.3 Å². The maximum atomic E-state index is 5.79. The van der Waals surface area contributed by atoms with Gasteiger partial charge in [-0.1, -0.05) is 12.2 Å². The molecule has 1 nitrogen and oxygen atoms in total. The number of fused-ring (bicyclic) bond motifs is 2. The summed E-state index contributed by atoms with van der Waals surface area (Å²) < 4.78 is 5.79. The van der Waals surface area contributed by atoms with Crippen LogP contribution in [0.5, 0.6) is 0 Å². The second kappa shape index (κ2) is 1.85. The van der Waals surface area contributed by atoms with Gasteiger partial charge >= 0.3 is 0 Å². The van der Waals surface area contributed by atoms with E-state index in [1.165, 1.54) is 18.4 Å². The fourth-order valence-electron chi connectivity index (χ4n) is 2.18. The molecule has 1 heteroatoms. The van der Waals surface area contributed by atoms with E-state index in [1.54, 1.807) is 0 Å². The molecule has 0 N–H and O–H groups in total. The van der Waals surface area contributed by atoms with E-state index in [9.17, 15) is 0 Å². The van der Waals surface area contributed by atoms with E-state index >= 15 is 0 Å². The zero-order chi connectivity index (χ0) is 7.19. The van der Waals surface area contributed by atoms with Gasteiger partial charge in [-0.2, -0.15) is 0 Å². The van der Waals surface area contributed by atoms with E-state index in [0.717, 1.165) is 12.8 Å². The van der Waals surface area contributed by atoms with Gasteiger partial charge in [0, 0.05) is 0 Å². The third-order valence-electron chi connectivity index (χ3n) is 2.59. The summed E-state index contributed by atoms with van der Waals surface area (Å²) in [6.07, 6.45) is 5.18. The molecule has 0 aromatic carbocycles. The molecule has 0 saturated carbocycles. The Hall–Kier alpha value is -0.300. The van der Waals surface area contributed by atoms with Crippen LogP contribution in [0.4, 0.5) is 0 Å². The van der Waals surface area contributed by atoms with Gasteiger partial charge < -0.3 is 4.74 Å². The van der Waals surface area contributed by atoms with Crippen LogP contribution >= 0.6 is 0 Å². The predicted molar refractivity (Wildman–Crippen MR) is 40.9 cm³/mol. The summed E-state index contributed by atoms with van der Waals surface area (Å²) in [6.45, 7) is 6.23. The fraction of sp³-hybridized carbons (Fsp3) is 0.778. The van der Waals surface area contributed by atoms with Gasteiger partial charge in [0.25, 0.3) is 0 Å². The molecule has 0 aromatic heterocycles. The van der Waals surface area contributed by atoms with Crippen LogP contribution in [0.25, 0.3) is 0 Å². The summed E-state index contributed by atoms with van der Waals surface area (Å²) in [7, 11) is 0. The molecule has 0 aromatic rings. The van der Waals surface area contributed by atoms with Gasteiger partial charge in [0.05, 0.1) is 11.7 Å². The zero-order valence-corrected chi connectivity index (χ0v) is 6.52. The first-order chi connectivity index (χ1) is 4.68. The standard InChI is InChI=1S/C9H14O/c1-7-5-8-3-4-9(2,6-7)10-8/h8H,1,3-6H2,2H3. The summed E-state index contributed by atoms with van der Waals surface area (Å²) in [6, 6.07) is 0. The van der Waals surface area contributed by atoms with Gasteiger partial charge in [0.15, 0.2) is 0 Å². The number of hydrogen-bond acceptors (Lipinski definition) is 1. The van der Waals surface area contributed by atoms with Gasteiger partial charge in [-0.25, -0.2) is 0 Å². The Kier molecular flexibility index (Phi) is 1.19. The summed E-state index contributed by atoms with van der Waals surface area (Å²) in [5.41, 5.74) is 1.55. The lowest BCUT2D eigenvalue weighted by Crippen LogP contribution is -2.30. The number of rotatable bonds is 0. The highest BCUT2D eigenvalue weighted by Gasteiger charge is 2.40. The normalized spacial score (nSPS) is 46.1. The summed E-state index contributed by atoms with van der Waals surface area (Å²) in [4.78, 5) is 0. The molecular formula is C9H14O. The predicted octanol–water partition coefficient (Wildman–Crippen LogP) is 2.27. The maximum Gasteiger partial charge on any atom is 0.0696 e. The lowest BCUT2D eigenvalue weighted by molar-refractivity contribution is -0.0458. The van der Waals surface area contributed by atoms with Crippen LogP contribution < -0.4 is 0 Å². The first kappa shape index (κ1) is 6.41.